The topological polar surface area (TPSA) is 40.5 Å². The Labute approximate surface area is 173 Å². The van der Waals surface area contributed by atoms with Gasteiger partial charge < -0.3 is 10.2 Å². The highest BCUT2D eigenvalue weighted by atomic mass is 16.3. The van der Waals surface area contributed by atoms with E-state index in [0.29, 0.717) is 28.8 Å². The van der Waals surface area contributed by atoms with Crippen LogP contribution in [0.1, 0.15) is 105 Å². The Kier molecular flexibility index (Phi) is 5.11. The maximum absolute atomic E-state index is 10.7. The molecule has 0 aromatic rings. The quantitative estimate of drug-likeness (QED) is 0.441. The number of rotatable bonds is 4. The van der Waals surface area contributed by atoms with Crippen LogP contribution in [0.2, 0.25) is 0 Å². The van der Waals surface area contributed by atoms with E-state index < -0.39 is 0 Å². The van der Waals surface area contributed by atoms with Gasteiger partial charge in [-0.3, -0.25) is 0 Å². The van der Waals surface area contributed by atoms with Crippen LogP contribution < -0.4 is 0 Å². The summed E-state index contributed by atoms with van der Waals surface area (Å²) in [6.07, 6.45) is 13.4. The number of unbranched alkanes of at least 4 members (excludes halogenated alkanes) is 1. The Hall–Kier alpha value is -0.340. The average molecular weight is 389 g/mol. The molecule has 0 heterocycles. The van der Waals surface area contributed by atoms with Crippen LogP contribution in [0.15, 0.2) is 11.1 Å². The zero-order chi connectivity index (χ0) is 20.4. The molecule has 160 valence electrons. The molecule has 4 rings (SSSR count). The summed E-state index contributed by atoms with van der Waals surface area (Å²) >= 11 is 0. The summed E-state index contributed by atoms with van der Waals surface area (Å²) in [7, 11) is 0. The fourth-order valence-electron chi connectivity index (χ4n) is 8.76. The lowest BCUT2D eigenvalue weighted by Gasteiger charge is -2.62. The van der Waals surface area contributed by atoms with Gasteiger partial charge in [0.2, 0.25) is 0 Å². The Bertz CT molecular complexity index is 649. The number of aliphatic hydroxyl groups is 2. The minimum Gasteiger partial charge on any atom is -0.396 e. The molecule has 2 fully saturated rings. The minimum absolute atomic E-state index is 0.0374. The lowest BCUT2D eigenvalue weighted by atomic mass is 9.43. The standard InChI is InChI=1S/C26H44O2/c1-23(2)21-10-9-20-19(24(21,3)14-13-22(23)28)12-16-25(4)18(8-6-7-17-27)11-15-26(20,25)5/h18,21-22,27-28H,6-17H2,1-5H3/t18?,21?,22-,24+,25+,26-/m0/s1. The van der Waals surface area contributed by atoms with Crippen molar-refractivity contribution in [3.8, 4) is 0 Å². The zero-order valence-electron chi connectivity index (χ0n) is 19.1. The first kappa shape index (κ1) is 20.9. The average Bonchev–Trinajstić information content (AvgIpc) is 2.91. The van der Waals surface area contributed by atoms with Crippen LogP contribution in [0.3, 0.4) is 0 Å². The third-order valence-corrected chi connectivity index (χ3v) is 10.9. The maximum atomic E-state index is 10.7. The van der Waals surface area contributed by atoms with E-state index in [1.165, 1.54) is 57.8 Å². The molecular weight excluding hydrogens is 344 g/mol. The molecule has 28 heavy (non-hydrogen) atoms. The summed E-state index contributed by atoms with van der Waals surface area (Å²) in [6, 6.07) is 0. The van der Waals surface area contributed by atoms with E-state index in [1.807, 2.05) is 11.1 Å². The van der Waals surface area contributed by atoms with Gasteiger partial charge in [0.05, 0.1) is 6.10 Å². The van der Waals surface area contributed by atoms with E-state index >= 15 is 0 Å². The van der Waals surface area contributed by atoms with Gasteiger partial charge >= 0.3 is 0 Å². The van der Waals surface area contributed by atoms with Crippen molar-refractivity contribution in [2.45, 2.75) is 111 Å². The second-order valence-electron chi connectivity index (χ2n) is 12.0. The number of allylic oxidation sites excluding steroid dienone is 2. The number of fused-ring (bicyclic) bond motifs is 4. The van der Waals surface area contributed by atoms with Crippen molar-refractivity contribution in [3.05, 3.63) is 11.1 Å². The fraction of sp³-hybridized carbons (Fsp3) is 0.923. The highest BCUT2D eigenvalue weighted by molar-refractivity contribution is 5.38. The van der Waals surface area contributed by atoms with E-state index in [2.05, 4.69) is 34.6 Å². The molecule has 0 aliphatic heterocycles. The van der Waals surface area contributed by atoms with Gasteiger partial charge in [0.15, 0.2) is 0 Å². The highest BCUT2D eigenvalue weighted by Gasteiger charge is 2.62. The van der Waals surface area contributed by atoms with Crippen LogP contribution in [-0.2, 0) is 0 Å². The van der Waals surface area contributed by atoms with E-state index in [0.717, 1.165) is 18.8 Å². The molecule has 6 atom stereocenters. The molecule has 2 saturated carbocycles. The molecule has 0 spiro atoms. The first-order valence-corrected chi connectivity index (χ1v) is 12.1. The number of aliphatic hydroxyl groups excluding tert-OH is 2. The molecule has 0 saturated heterocycles. The summed E-state index contributed by atoms with van der Waals surface area (Å²) < 4.78 is 0. The largest absolute Gasteiger partial charge is 0.396 e. The van der Waals surface area contributed by atoms with Gasteiger partial charge in [-0.2, -0.15) is 0 Å². The van der Waals surface area contributed by atoms with Crippen LogP contribution in [0.5, 0.6) is 0 Å². The van der Waals surface area contributed by atoms with Crippen molar-refractivity contribution < 1.29 is 10.2 Å². The first-order valence-electron chi connectivity index (χ1n) is 12.1. The first-order chi connectivity index (χ1) is 13.1. The molecule has 4 aliphatic rings. The Balaban J connectivity index is 1.68. The van der Waals surface area contributed by atoms with Crippen LogP contribution in [-0.4, -0.2) is 22.9 Å². The van der Waals surface area contributed by atoms with Crippen LogP contribution >= 0.6 is 0 Å². The van der Waals surface area contributed by atoms with Gasteiger partial charge in [0.1, 0.15) is 0 Å². The summed E-state index contributed by atoms with van der Waals surface area (Å²) in [5, 5.41) is 19.9. The SMILES string of the molecule is CC1(C)C2CCC3=C(CC[C@]4(C)C(CCCCO)CC[C@@]34C)[C@@]2(C)CC[C@@H]1O. The number of hydrogen-bond acceptors (Lipinski definition) is 2. The van der Waals surface area contributed by atoms with Gasteiger partial charge in [-0.1, -0.05) is 52.2 Å². The molecule has 0 radical (unpaired) electrons. The Morgan fingerprint density at radius 2 is 1.61 bits per heavy atom. The van der Waals surface area contributed by atoms with Crippen molar-refractivity contribution in [2.75, 3.05) is 6.61 Å². The maximum Gasteiger partial charge on any atom is 0.0594 e. The summed E-state index contributed by atoms with van der Waals surface area (Å²) in [4.78, 5) is 0. The second-order valence-corrected chi connectivity index (χ2v) is 12.0. The smallest absolute Gasteiger partial charge is 0.0594 e. The summed E-state index contributed by atoms with van der Waals surface area (Å²) in [5.41, 5.74) is 4.81. The predicted molar refractivity (Wildman–Crippen MR) is 116 cm³/mol. The monoisotopic (exact) mass is 388 g/mol. The normalized spacial score (nSPS) is 47.5. The van der Waals surface area contributed by atoms with Crippen molar-refractivity contribution in [3.63, 3.8) is 0 Å². The van der Waals surface area contributed by atoms with Gasteiger partial charge in [0, 0.05) is 6.61 Å². The number of hydrogen-bond donors (Lipinski definition) is 2. The summed E-state index contributed by atoms with van der Waals surface area (Å²) in [5.74, 6) is 1.45. The highest BCUT2D eigenvalue weighted by Crippen LogP contribution is 2.72. The molecule has 0 bridgehead atoms. The molecule has 4 aliphatic carbocycles. The van der Waals surface area contributed by atoms with Crippen molar-refractivity contribution in [1.82, 2.24) is 0 Å². The molecule has 0 amide bonds. The predicted octanol–water partition coefficient (Wildman–Crippen LogP) is 6.26. The molecule has 0 aromatic heterocycles. The van der Waals surface area contributed by atoms with Gasteiger partial charge in [-0.05, 0) is 97.7 Å². The second kappa shape index (κ2) is 6.84. The lowest BCUT2D eigenvalue weighted by molar-refractivity contribution is -0.0957. The third kappa shape index (κ3) is 2.66. The Morgan fingerprint density at radius 3 is 2.32 bits per heavy atom. The van der Waals surface area contributed by atoms with Crippen molar-refractivity contribution in [1.29, 1.82) is 0 Å². The van der Waals surface area contributed by atoms with Gasteiger partial charge in [0.25, 0.3) is 0 Å². The molecule has 2 nitrogen and oxygen atoms in total. The molecule has 0 aromatic carbocycles. The zero-order valence-corrected chi connectivity index (χ0v) is 19.1. The van der Waals surface area contributed by atoms with Crippen molar-refractivity contribution >= 4 is 0 Å². The van der Waals surface area contributed by atoms with E-state index in [-0.39, 0.29) is 11.5 Å². The van der Waals surface area contributed by atoms with Crippen molar-refractivity contribution in [2.24, 2.45) is 33.5 Å². The fourth-order valence-corrected chi connectivity index (χ4v) is 8.76. The molecule has 2 heteroatoms. The van der Waals surface area contributed by atoms with Gasteiger partial charge in [-0.15, -0.1) is 0 Å². The van der Waals surface area contributed by atoms with E-state index in [9.17, 15) is 10.2 Å². The third-order valence-electron chi connectivity index (χ3n) is 10.9. The van der Waals surface area contributed by atoms with Gasteiger partial charge in [-0.25, -0.2) is 0 Å². The van der Waals surface area contributed by atoms with E-state index in [1.54, 1.807) is 0 Å². The van der Waals surface area contributed by atoms with Crippen LogP contribution in [0.25, 0.3) is 0 Å². The van der Waals surface area contributed by atoms with Crippen LogP contribution in [0.4, 0.5) is 0 Å². The molecular formula is C26H44O2. The Morgan fingerprint density at radius 1 is 0.857 bits per heavy atom. The van der Waals surface area contributed by atoms with E-state index in [4.69, 9.17) is 0 Å². The summed E-state index contributed by atoms with van der Waals surface area (Å²) in [6.45, 7) is 12.8. The molecule has 2 unspecified atom stereocenters. The van der Waals surface area contributed by atoms with Crippen LogP contribution in [0, 0.1) is 33.5 Å². The molecule has 2 N–H and O–H groups in total. The minimum atomic E-state index is -0.139. The lowest BCUT2D eigenvalue weighted by Crippen LogP contribution is -2.54.